The number of methoxy groups -OCH3 is 3. The molecule has 1 aliphatic carbocycles. The van der Waals surface area contributed by atoms with E-state index in [2.05, 4.69) is 10.6 Å². The van der Waals surface area contributed by atoms with Crippen molar-refractivity contribution in [1.29, 1.82) is 0 Å². The highest BCUT2D eigenvalue weighted by Gasteiger charge is 2.29. The molecule has 0 bridgehead atoms. The first-order valence-electron chi connectivity index (χ1n) is 14.2. The molecule has 2 N–H and O–H groups in total. The van der Waals surface area contributed by atoms with Crippen LogP contribution in [0.3, 0.4) is 0 Å². The predicted molar refractivity (Wildman–Crippen MR) is 157 cm³/mol. The Hall–Kier alpha value is -3.79. The third-order valence-electron chi connectivity index (χ3n) is 7.66. The number of carbonyl (C=O) groups excluding carboxylic acids is 2. The molecule has 1 fully saturated rings. The molecular formula is C31H41N3O7. The molecule has 1 saturated heterocycles. The molecular weight excluding hydrogens is 526 g/mol. The molecule has 10 nitrogen and oxygen atoms in total. The Morgan fingerprint density at radius 1 is 1.00 bits per heavy atom. The summed E-state index contributed by atoms with van der Waals surface area (Å²) in [5.74, 6) is 1.56. The number of unbranched alkanes of at least 4 members (excludes halogenated alkanes) is 2. The van der Waals surface area contributed by atoms with Gasteiger partial charge in [0.05, 0.1) is 46.3 Å². The number of benzene rings is 1. The van der Waals surface area contributed by atoms with Gasteiger partial charge in [-0.25, -0.2) is 0 Å². The van der Waals surface area contributed by atoms with E-state index in [9.17, 15) is 14.4 Å². The van der Waals surface area contributed by atoms with Gasteiger partial charge in [-0.05, 0) is 60.6 Å². The van der Waals surface area contributed by atoms with Gasteiger partial charge in [0.25, 0.3) is 0 Å². The zero-order valence-electron chi connectivity index (χ0n) is 24.5. The quantitative estimate of drug-likeness (QED) is 0.395. The maximum Gasteiger partial charge on any atom is 0.222 e. The molecule has 1 unspecified atom stereocenters. The van der Waals surface area contributed by atoms with Gasteiger partial charge in [0.15, 0.2) is 11.5 Å². The Balaban J connectivity index is 1.56. The molecule has 0 spiro atoms. The number of aryl methyl sites for hydroxylation is 1. The number of carbonyl (C=O) groups is 2. The van der Waals surface area contributed by atoms with Crippen LogP contribution in [0.4, 0.5) is 5.69 Å². The number of fused-ring (bicyclic) bond motifs is 3. The zero-order valence-corrected chi connectivity index (χ0v) is 24.5. The molecule has 1 heterocycles. The van der Waals surface area contributed by atoms with Crippen molar-refractivity contribution in [2.75, 3.05) is 59.5 Å². The number of hydrogen-bond donors (Lipinski definition) is 2. The van der Waals surface area contributed by atoms with Crippen molar-refractivity contribution >= 4 is 17.5 Å². The van der Waals surface area contributed by atoms with Gasteiger partial charge in [0.1, 0.15) is 0 Å². The van der Waals surface area contributed by atoms with Crippen molar-refractivity contribution in [1.82, 2.24) is 10.2 Å². The van der Waals surface area contributed by atoms with Crippen LogP contribution in [0.5, 0.6) is 17.2 Å². The number of morpholine rings is 1. The van der Waals surface area contributed by atoms with E-state index in [1.807, 2.05) is 17.0 Å². The summed E-state index contributed by atoms with van der Waals surface area (Å²) in [7, 11) is 4.72. The monoisotopic (exact) mass is 567 g/mol. The molecule has 2 aromatic carbocycles. The van der Waals surface area contributed by atoms with E-state index in [-0.39, 0.29) is 23.3 Å². The van der Waals surface area contributed by atoms with Gasteiger partial charge < -0.3 is 34.5 Å². The van der Waals surface area contributed by atoms with Gasteiger partial charge in [-0.2, -0.15) is 0 Å². The molecule has 2 amide bonds. The van der Waals surface area contributed by atoms with Crippen LogP contribution >= 0.6 is 0 Å². The molecule has 2 aliphatic rings. The first-order valence-corrected chi connectivity index (χ1v) is 14.2. The topological polar surface area (TPSA) is 115 Å². The summed E-state index contributed by atoms with van der Waals surface area (Å²) in [4.78, 5) is 39.7. The van der Waals surface area contributed by atoms with Gasteiger partial charge in [-0.15, -0.1) is 0 Å². The smallest absolute Gasteiger partial charge is 0.222 e. The fourth-order valence-electron chi connectivity index (χ4n) is 5.63. The Kier molecular flexibility index (Phi) is 10.5. The minimum absolute atomic E-state index is 0.160. The fraction of sp³-hybridized carbons (Fsp3) is 0.516. The van der Waals surface area contributed by atoms with Crippen LogP contribution in [0.1, 0.15) is 56.2 Å². The maximum absolute atomic E-state index is 13.4. The third-order valence-corrected chi connectivity index (χ3v) is 7.66. The van der Waals surface area contributed by atoms with Gasteiger partial charge in [-0.3, -0.25) is 14.4 Å². The largest absolute Gasteiger partial charge is 0.493 e. The average Bonchev–Trinajstić information content (AvgIpc) is 3.22. The first kappa shape index (κ1) is 30.2. The lowest BCUT2D eigenvalue weighted by molar-refractivity contribution is -0.135. The summed E-state index contributed by atoms with van der Waals surface area (Å²) in [5.41, 5.74) is 3.63. The highest BCUT2D eigenvalue weighted by atomic mass is 16.5. The second-order valence-electron chi connectivity index (χ2n) is 10.3. The average molecular weight is 568 g/mol. The fourth-order valence-corrected chi connectivity index (χ4v) is 5.63. The molecule has 1 aliphatic heterocycles. The van der Waals surface area contributed by atoms with Crippen LogP contribution in [0.2, 0.25) is 0 Å². The van der Waals surface area contributed by atoms with Crippen LogP contribution < -0.4 is 30.3 Å². The second kappa shape index (κ2) is 14.2. The molecule has 222 valence electrons. The van der Waals surface area contributed by atoms with E-state index < -0.39 is 0 Å². The molecule has 10 heteroatoms. The second-order valence-corrected chi connectivity index (χ2v) is 10.3. The summed E-state index contributed by atoms with van der Waals surface area (Å²) < 4.78 is 22.4. The molecule has 1 atom stereocenters. The van der Waals surface area contributed by atoms with Gasteiger partial charge >= 0.3 is 0 Å². The maximum atomic E-state index is 13.4. The number of nitrogens with zero attached hydrogens (tertiary/aromatic N) is 1. The minimum Gasteiger partial charge on any atom is -0.493 e. The van der Waals surface area contributed by atoms with E-state index in [0.29, 0.717) is 75.0 Å². The summed E-state index contributed by atoms with van der Waals surface area (Å²) in [6, 6.07) is 6.90. The van der Waals surface area contributed by atoms with Crippen molar-refractivity contribution in [2.45, 2.75) is 51.5 Å². The molecule has 4 rings (SSSR count). The Morgan fingerprint density at radius 3 is 2.44 bits per heavy atom. The standard InChI is InChI=1S/C31H41N3O7/c1-20(35)33-24-11-9-21-18-27(38-2)30(39-3)31(40-4)29(21)22-10-12-25(26(36)19-23(22)24)32-13-7-5-6-8-28(37)34-14-16-41-17-15-34/h10,12,18-19,24H,5-9,11,13-17H2,1-4H3,(H,32,36)(H,33,35). The number of hydrogen-bond acceptors (Lipinski definition) is 8. The molecule has 2 aromatic rings. The van der Waals surface area contributed by atoms with Crippen LogP contribution in [-0.2, 0) is 20.7 Å². The number of anilines is 1. The van der Waals surface area contributed by atoms with Crippen molar-refractivity contribution in [2.24, 2.45) is 0 Å². The van der Waals surface area contributed by atoms with Crippen molar-refractivity contribution in [3.8, 4) is 28.4 Å². The zero-order chi connectivity index (χ0) is 29.4. The third kappa shape index (κ3) is 7.11. The van der Waals surface area contributed by atoms with E-state index >= 15 is 0 Å². The summed E-state index contributed by atoms with van der Waals surface area (Å²) >= 11 is 0. The van der Waals surface area contributed by atoms with E-state index in [0.717, 1.165) is 41.5 Å². The van der Waals surface area contributed by atoms with Crippen molar-refractivity contribution in [3.05, 3.63) is 45.6 Å². The van der Waals surface area contributed by atoms with E-state index in [1.54, 1.807) is 33.5 Å². The molecule has 0 radical (unpaired) electrons. The lowest BCUT2D eigenvalue weighted by atomic mass is 9.95. The highest BCUT2D eigenvalue weighted by molar-refractivity contribution is 5.83. The summed E-state index contributed by atoms with van der Waals surface area (Å²) in [6.45, 7) is 4.64. The summed E-state index contributed by atoms with van der Waals surface area (Å²) in [5, 5.41) is 6.31. The van der Waals surface area contributed by atoms with Crippen LogP contribution in [-0.4, -0.2) is 70.9 Å². The minimum atomic E-state index is -0.353. The Bertz CT molecular complexity index is 1310. The number of nitrogens with one attached hydrogen (secondary N) is 2. The Morgan fingerprint density at radius 2 is 1.76 bits per heavy atom. The van der Waals surface area contributed by atoms with Crippen LogP contribution in [0.15, 0.2) is 29.1 Å². The Labute approximate surface area is 241 Å². The first-order chi connectivity index (χ1) is 19.9. The number of rotatable bonds is 11. The SMILES string of the molecule is COc1cc2c(c(OC)c1OC)-c1ccc(NCCCCCC(=O)N3CCOCC3)c(=O)cc1C(NC(C)=O)CC2. The van der Waals surface area contributed by atoms with Crippen LogP contribution in [0.25, 0.3) is 11.1 Å². The molecule has 0 saturated carbocycles. The van der Waals surface area contributed by atoms with Crippen molar-refractivity contribution < 1.29 is 28.5 Å². The predicted octanol–water partition coefficient (Wildman–Crippen LogP) is 3.69. The van der Waals surface area contributed by atoms with E-state index in [1.165, 1.54) is 6.92 Å². The lowest BCUT2D eigenvalue weighted by Crippen LogP contribution is -2.40. The normalized spacial score (nSPS) is 16.1. The van der Waals surface area contributed by atoms with Gasteiger partial charge in [-0.1, -0.05) is 12.5 Å². The van der Waals surface area contributed by atoms with E-state index in [4.69, 9.17) is 18.9 Å². The van der Waals surface area contributed by atoms with Crippen LogP contribution in [0, 0.1) is 0 Å². The summed E-state index contributed by atoms with van der Waals surface area (Å²) in [6.07, 6.45) is 4.29. The lowest BCUT2D eigenvalue weighted by Gasteiger charge is -2.26. The van der Waals surface area contributed by atoms with Crippen molar-refractivity contribution in [3.63, 3.8) is 0 Å². The van der Waals surface area contributed by atoms with Gasteiger partial charge in [0.2, 0.25) is 23.0 Å². The molecule has 41 heavy (non-hydrogen) atoms. The molecule has 0 aromatic heterocycles. The number of ether oxygens (including phenoxy) is 4. The highest BCUT2D eigenvalue weighted by Crippen LogP contribution is 2.50. The van der Waals surface area contributed by atoms with Gasteiger partial charge in [0, 0.05) is 38.5 Å². The number of amides is 2.